The number of carbonyl (C=O) groups is 1. The summed E-state index contributed by atoms with van der Waals surface area (Å²) in [5.74, 6) is 0.720. The van der Waals surface area contributed by atoms with Crippen molar-refractivity contribution in [2.45, 2.75) is 53.1 Å². The SMILES string of the molecule is CCOc1nn(CC(=O)O)c(=O)c(Cl)c1N[C@@H]1C[C@H]2C[C@H]([C@@H]1C)C2(C)C. The van der Waals surface area contributed by atoms with Gasteiger partial charge in [-0.1, -0.05) is 32.4 Å². The minimum absolute atomic E-state index is 0.0737. The lowest BCUT2D eigenvalue weighted by Gasteiger charge is -2.62. The topological polar surface area (TPSA) is 93.5 Å². The predicted octanol–water partition coefficient (Wildman–Crippen LogP) is 2.86. The highest BCUT2D eigenvalue weighted by atomic mass is 35.5. The summed E-state index contributed by atoms with van der Waals surface area (Å²) in [6, 6.07) is 0.181. The molecule has 1 aromatic heterocycles. The van der Waals surface area contributed by atoms with E-state index < -0.39 is 18.1 Å². The number of fused-ring (bicyclic) bond motifs is 2. The summed E-state index contributed by atoms with van der Waals surface area (Å²) in [6.07, 6.45) is 2.25. The number of hydrogen-bond acceptors (Lipinski definition) is 5. The van der Waals surface area contributed by atoms with E-state index >= 15 is 0 Å². The Morgan fingerprint density at radius 1 is 1.46 bits per heavy atom. The molecule has 0 amide bonds. The van der Waals surface area contributed by atoms with Crippen molar-refractivity contribution in [2.24, 2.45) is 23.2 Å². The molecule has 7 nitrogen and oxygen atoms in total. The molecule has 0 saturated heterocycles. The predicted molar refractivity (Wildman–Crippen MR) is 98.9 cm³/mol. The Kier molecular flexibility index (Phi) is 4.94. The quantitative estimate of drug-likeness (QED) is 0.784. The molecular formula is C18H26ClN3O4. The number of carboxylic acids is 1. The lowest BCUT2D eigenvalue weighted by Crippen LogP contribution is -2.58. The molecule has 3 saturated carbocycles. The maximum absolute atomic E-state index is 12.4. The number of ether oxygens (including phenoxy) is 1. The summed E-state index contributed by atoms with van der Waals surface area (Å²) in [7, 11) is 0. The van der Waals surface area contributed by atoms with Crippen LogP contribution in [0, 0.1) is 23.2 Å². The second-order valence-corrected chi connectivity index (χ2v) is 8.37. The number of nitrogens with zero attached hydrogens (tertiary/aromatic N) is 2. The molecule has 0 radical (unpaired) electrons. The van der Waals surface area contributed by atoms with Crippen LogP contribution in [-0.2, 0) is 11.3 Å². The van der Waals surface area contributed by atoms with Crippen molar-refractivity contribution < 1.29 is 14.6 Å². The maximum Gasteiger partial charge on any atom is 0.325 e. The number of aromatic nitrogens is 2. The van der Waals surface area contributed by atoms with E-state index in [1.807, 2.05) is 0 Å². The zero-order valence-corrected chi connectivity index (χ0v) is 16.3. The first kappa shape index (κ1) is 19.0. The molecule has 3 aliphatic rings. The summed E-state index contributed by atoms with van der Waals surface area (Å²) in [4.78, 5) is 23.3. The number of rotatable bonds is 6. The van der Waals surface area contributed by atoms with Gasteiger partial charge in [0, 0.05) is 6.04 Å². The molecule has 2 bridgehead atoms. The summed E-state index contributed by atoms with van der Waals surface area (Å²) < 4.78 is 6.37. The van der Waals surface area contributed by atoms with Gasteiger partial charge < -0.3 is 15.2 Å². The first-order chi connectivity index (χ1) is 12.2. The summed E-state index contributed by atoms with van der Waals surface area (Å²) in [5, 5.41) is 16.3. The standard InChI is InChI=1S/C18H26ClN3O4/c1-5-26-16-15(14(19)17(25)22(21-16)8-13(23)24)20-12-7-10-6-11(9(12)2)18(10,3)4/h9-12,20H,5-8H2,1-4H3,(H,23,24)/t9-,10+,11+,12+/m0/s1. The first-order valence-corrected chi connectivity index (χ1v) is 9.46. The molecule has 3 fully saturated rings. The smallest absolute Gasteiger partial charge is 0.325 e. The summed E-state index contributed by atoms with van der Waals surface area (Å²) >= 11 is 6.28. The Morgan fingerprint density at radius 2 is 2.15 bits per heavy atom. The van der Waals surface area contributed by atoms with Gasteiger partial charge in [0.05, 0.1) is 6.61 Å². The van der Waals surface area contributed by atoms with Gasteiger partial charge in [-0.2, -0.15) is 0 Å². The van der Waals surface area contributed by atoms with Crippen LogP contribution < -0.4 is 15.6 Å². The number of nitrogens with one attached hydrogen (secondary N) is 1. The normalized spacial score (nSPS) is 29.0. The molecular weight excluding hydrogens is 358 g/mol. The minimum Gasteiger partial charge on any atom is -0.480 e. The van der Waals surface area contributed by atoms with E-state index in [1.165, 1.54) is 6.42 Å². The van der Waals surface area contributed by atoms with E-state index in [0.29, 0.717) is 35.5 Å². The molecule has 0 aromatic carbocycles. The van der Waals surface area contributed by atoms with Crippen molar-refractivity contribution >= 4 is 23.3 Å². The van der Waals surface area contributed by atoms with E-state index in [1.54, 1.807) is 6.92 Å². The van der Waals surface area contributed by atoms with Crippen LogP contribution in [0.25, 0.3) is 0 Å². The fourth-order valence-electron chi connectivity index (χ4n) is 4.64. The van der Waals surface area contributed by atoms with Crippen LogP contribution in [0.15, 0.2) is 4.79 Å². The highest BCUT2D eigenvalue weighted by Crippen LogP contribution is 2.61. The third-order valence-corrected chi connectivity index (χ3v) is 6.67. The average Bonchev–Trinajstić information content (AvgIpc) is 2.56. The van der Waals surface area contributed by atoms with Gasteiger partial charge in [-0.25, -0.2) is 4.68 Å². The molecule has 144 valence electrons. The summed E-state index contributed by atoms with van der Waals surface area (Å²) in [5.41, 5.74) is 0.0953. The Hall–Kier alpha value is -1.76. The van der Waals surface area contributed by atoms with E-state index in [4.69, 9.17) is 21.4 Å². The fourth-order valence-corrected chi connectivity index (χ4v) is 4.88. The monoisotopic (exact) mass is 383 g/mol. The third kappa shape index (κ3) is 3.06. The fraction of sp³-hybridized carbons (Fsp3) is 0.722. The van der Waals surface area contributed by atoms with Crippen molar-refractivity contribution in [2.75, 3.05) is 11.9 Å². The number of anilines is 1. The van der Waals surface area contributed by atoms with Crippen LogP contribution in [0.1, 0.15) is 40.5 Å². The van der Waals surface area contributed by atoms with Gasteiger partial charge in [-0.3, -0.25) is 9.59 Å². The van der Waals surface area contributed by atoms with Crippen LogP contribution in [0.5, 0.6) is 5.88 Å². The molecule has 1 aromatic rings. The van der Waals surface area contributed by atoms with Gasteiger partial charge in [0.1, 0.15) is 17.3 Å². The molecule has 26 heavy (non-hydrogen) atoms. The van der Waals surface area contributed by atoms with E-state index in [0.717, 1.165) is 11.1 Å². The molecule has 8 heteroatoms. The van der Waals surface area contributed by atoms with Crippen molar-refractivity contribution in [3.05, 3.63) is 15.4 Å². The van der Waals surface area contributed by atoms with Crippen molar-refractivity contribution in [1.29, 1.82) is 0 Å². The summed E-state index contributed by atoms with van der Waals surface area (Å²) in [6.45, 7) is 8.45. The molecule has 0 spiro atoms. The zero-order chi connectivity index (χ0) is 19.2. The molecule has 1 heterocycles. The number of halogens is 1. The average molecular weight is 384 g/mol. The van der Waals surface area contributed by atoms with Gasteiger partial charge >= 0.3 is 5.97 Å². The van der Waals surface area contributed by atoms with E-state index in [-0.39, 0.29) is 16.9 Å². The van der Waals surface area contributed by atoms with E-state index in [9.17, 15) is 9.59 Å². The highest BCUT2D eigenvalue weighted by molar-refractivity contribution is 6.33. The van der Waals surface area contributed by atoms with Gasteiger partial charge in [0.2, 0.25) is 0 Å². The van der Waals surface area contributed by atoms with Crippen LogP contribution in [0.4, 0.5) is 5.69 Å². The first-order valence-electron chi connectivity index (χ1n) is 9.08. The van der Waals surface area contributed by atoms with E-state index in [2.05, 4.69) is 31.2 Å². The third-order valence-electron chi connectivity index (χ3n) is 6.32. The Balaban J connectivity index is 1.91. The lowest BCUT2D eigenvalue weighted by atomic mass is 9.45. The van der Waals surface area contributed by atoms with Crippen LogP contribution in [0.2, 0.25) is 5.02 Å². The van der Waals surface area contributed by atoms with Crippen molar-refractivity contribution in [3.63, 3.8) is 0 Å². The Morgan fingerprint density at radius 3 is 2.69 bits per heavy atom. The van der Waals surface area contributed by atoms with Gasteiger partial charge in [-0.05, 0) is 42.9 Å². The Labute approximate surface area is 157 Å². The molecule has 4 atom stereocenters. The highest BCUT2D eigenvalue weighted by Gasteiger charge is 2.56. The molecule has 0 unspecified atom stereocenters. The van der Waals surface area contributed by atoms with Crippen LogP contribution >= 0.6 is 11.6 Å². The molecule has 3 aliphatic carbocycles. The maximum atomic E-state index is 12.4. The minimum atomic E-state index is -1.16. The van der Waals surface area contributed by atoms with Crippen LogP contribution in [-0.4, -0.2) is 33.5 Å². The molecule has 4 rings (SSSR count). The Bertz CT molecular complexity index is 776. The van der Waals surface area contributed by atoms with Crippen molar-refractivity contribution in [3.8, 4) is 5.88 Å². The molecule has 0 aliphatic heterocycles. The van der Waals surface area contributed by atoms with Crippen LogP contribution in [0.3, 0.4) is 0 Å². The number of aliphatic carboxylic acids is 1. The van der Waals surface area contributed by atoms with Gasteiger partial charge in [0.25, 0.3) is 11.4 Å². The lowest BCUT2D eigenvalue weighted by molar-refractivity contribution is -0.138. The molecule has 2 N–H and O–H groups in total. The van der Waals surface area contributed by atoms with Crippen molar-refractivity contribution in [1.82, 2.24) is 9.78 Å². The number of hydrogen-bond donors (Lipinski definition) is 2. The van der Waals surface area contributed by atoms with Gasteiger partial charge in [0.15, 0.2) is 0 Å². The van der Waals surface area contributed by atoms with Gasteiger partial charge in [-0.15, -0.1) is 5.10 Å². The second kappa shape index (κ2) is 6.76. The number of carboxylic acid groups (broad SMARTS) is 1. The zero-order valence-electron chi connectivity index (χ0n) is 15.6. The largest absolute Gasteiger partial charge is 0.480 e. The second-order valence-electron chi connectivity index (χ2n) is 7.99.